The van der Waals surface area contributed by atoms with Crippen molar-refractivity contribution in [2.75, 3.05) is 14.2 Å². The van der Waals surface area contributed by atoms with Crippen molar-refractivity contribution in [3.05, 3.63) is 51.5 Å². The molecule has 1 aromatic heterocycles. The van der Waals surface area contributed by atoms with Crippen LogP contribution in [-0.2, 0) is 21.3 Å². The number of ether oxygens (including phenoxy) is 3. The normalized spacial score (nSPS) is 11.2. The number of benzene rings is 1. The Balaban J connectivity index is 2.49. The molecular formula is C17H16Cl2N2O5. The lowest BCUT2D eigenvalue weighted by atomic mass is 10.1. The van der Waals surface area contributed by atoms with E-state index in [0.717, 1.165) is 0 Å². The van der Waals surface area contributed by atoms with Crippen LogP contribution < -0.4 is 4.74 Å². The number of methoxy groups -OCH3 is 2. The lowest BCUT2D eigenvalue weighted by Gasteiger charge is -2.10. The van der Waals surface area contributed by atoms with E-state index in [9.17, 15) is 9.59 Å². The maximum atomic E-state index is 12.5. The van der Waals surface area contributed by atoms with Gasteiger partial charge in [0.15, 0.2) is 5.75 Å². The van der Waals surface area contributed by atoms with Crippen molar-refractivity contribution in [3.63, 3.8) is 0 Å². The molecule has 138 valence electrons. The first-order valence-corrected chi connectivity index (χ1v) is 8.08. The predicted molar refractivity (Wildman–Crippen MR) is 96.4 cm³/mol. The molecule has 1 heterocycles. The van der Waals surface area contributed by atoms with E-state index in [1.165, 1.54) is 43.4 Å². The molecule has 0 saturated carbocycles. The molecule has 2 aromatic rings. The first-order valence-electron chi connectivity index (χ1n) is 7.32. The highest BCUT2D eigenvalue weighted by Gasteiger charge is 2.27. The lowest BCUT2D eigenvalue weighted by Crippen LogP contribution is -2.13. The number of rotatable bonds is 5. The summed E-state index contributed by atoms with van der Waals surface area (Å²) in [5.41, 5.74) is 0.796. The van der Waals surface area contributed by atoms with Crippen LogP contribution >= 0.6 is 23.2 Å². The molecule has 7 nitrogen and oxygen atoms in total. The van der Waals surface area contributed by atoms with Gasteiger partial charge in [-0.05, 0) is 25.1 Å². The SMILES string of the molecule is COC=C(C(=O)OC)c1c(OC(=O)c2ccc(Cl)cc2Cl)c(C)nn1C. The lowest BCUT2D eigenvalue weighted by molar-refractivity contribution is -0.133. The number of esters is 2. The number of nitrogens with zero attached hydrogens (tertiary/aromatic N) is 2. The molecule has 9 heteroatoms. The second-order valence-electron chi connectivity index (χ2n) is 5.16. The standard InChI is InChI=1S/C17H16Cl2N2O5/c1-9-15(26-17(23)11-6-5-10(18)7-13(11)19)14(21(2)20-9)12(8-24-3)16(22)25-4/h5-8H,1-4H3. The van der Waals surface area contributed by atoms with Crippen molar-refractivity contribution in [1.29, 1.82) is 0 Å². The molecule has 0 fully saturated rings. The smallest absolute Gasteiger partial charge is 0.345 e. The topological polar surface area (TPSA) is 79.7 Å². The van der Waals surface area contributed by atoms with E-state index in [2.05, 4.69) is 5.10 Å². The number of aryl methyl sites for hydroxylation is 2. The first kappa shape index (κ1) is 19.8. The van der Waals surface area contributed by atoms with Crippen LogP contribution in [-0.4, -0.2) is 35.9 Å². The predicted octanol–water partition coefficient (Wildman–Crippen LogP) is 3.41. The highest BCUT2D eigenvalue weighted by Crippen LogP contribution is 2.31. The molecule has 0 aliphatic rings. The van der Waals surface area contributed by atoms with Crippen LogP contribution in [0.25, 0.3) is 5.57 Å². The number of hydrogen-bond acceptors (Lipinski definition) is 6. The Labute approximate surface area is 160 Å². The summed E-state index contributed by atoms with van der Waals surface area (Å²) in [6, 6.07) is 4.40. The van der Waals surface area contributed by atoms with Gasteiger partial charge in [-0.1, -0.05) is 23.2 Å². The number of hydrogen-bond donors (Lipinski definition) is 0. The molecule has 0 unspecified atom stereocenters. The Hall–Kier alpha value is -2.51. The summed E-state index contributed by atoms with van der Waals surface area (Å²) in [6.07, 6.45) is 1.19. The van der Waals surface area contributed by atoms with Gasteiger partial charge in [0.25, 0.3) is 0 Å². The zero-order valence-corrected chi connectivity index (χ0v) is 16.0. The Morgan fingerprint density at radius 3 is 2.50 bits per heavy atom. The summed E-state index contributed by atoms with van der Waals surface area (Å²) >= 11 is 11.9. The minimum atomic E-state index is -0.717. The maximum absolute atomic E-state index is 12.5. The number of carbonyl (C=O) groups is 2. The largest absolute Gasteiger partial charge is 0.503 e. The van der Waals surface area contributed by atoms with E-state index in [4.69, 9.17) is 37.4 Å². The molecule has 0 radical (unpaired) electrons. The van der Waals surface area contributed by atoms with Gasteiger partial charge in [-0.25, -0.2) is 9.59 Å². The minimum Gasteiger partial charge on any atom is -0.503 e. The number of carbonyl (C=O) groups excluding carboxylic acids is 2. The monoisotopic (exact) mass is 398 g/mol. The van der Waals surface area contributed by atoms with Crippen molar-refractivity contribution in [3.8, 4) is 5.75 Å². The third-order valence-corrected chi connectivity index (χ3v) is 3.96. The van der Waals surface area contributed by atoms with E-state index in [1.54, 1.807) is 14.0 Å². The van der Waals surface area contributed by atoms with Crippen molar-refractivity contribution < 1.29 is 23.8 Å². The zero-order valence-electron chi connectivity index (χ0n) is 14.5. The Morgan fingerprint density at radius 2 is 1.92 bits per heavy atom. The maximum Gasteiger partial charge on any atom is 0.345 e. The van der Waals surface area contributed by atoms with E-state index >= 15 is 0 Å². The van der Waals surface area contributed by atoms with Crippen LogP contribution in [0.15, 0.2) is 24.5 Å². The van der Waals surface area contributed by atoms with Crippen LogP contribution in [0.2, 0.25) is 10.0 Å². The van der Waals surface area contributed by atoms with Crippen LogP contribution in [0.5, 0.6) is 5.75 Å². The summed E-state index contributed by atoms with van der Waals surface area (Å²) in [5.74, 6) is -1.29. The molecule has 0 saturated heterocycles. The molecule has 0 atom stereocenters. The molecule has 0 amide bonds. The first-order chi connectivity index (χ1) is 12.3. The van der Waals surface area contributed by atoms with Crippen LogP contribution in [0.3, 0.4) is 0 Å². The van der Waals surface area contributed by atoms with E-state index in [1.807, 2.05) is 0 Å². The van der Waals surface area contributed by atoms with Gasteiger partial charge in [-0.2, -0.15) is 5.10 Å². The molecule has 0 bridgehead atoms. The minimum absolute atomic E-state index is 0.0445. The fourth-order valence-electron chi connectivity index (χ4n) is 2.29. The molecule has 0 N–H and O–H groups in total. The van der Waals surface area contributed by atoms with Gasteiger partial charge in [-0.15, -0.1) is 0 Å². The number of aromatic nitrogens is 2. The highest BCUT2D eigenvalue weighted by atomic mass is 35.5. The van der Waals surface area contributed by atoms with Gasteiger partial charge in [0.2, 0.25) is 0 Å². The third-order valence-electron chi connectivity index (χ3n) is 3.41. The van der Waals surface area contributed by atoms with Gasteiger partial charge in [0.1, 0.15) is 17.0 Å². The quantitative estimate of drug-likeness (QED) is 0.436. The second kappa shape index (κ2) is 8.25. The van der Waals surface area contributed by atoms with Crippen molar-refractivity contribution in [1.82, 2.24) is 9.78 Å². The highest BCUT2D eigenvalue weighted by molar-refractivity contribution is 6.36. The van der Waals surface area contributed by atoms with Crippen molar-refractivity contribution in [2.45, 2.75) is 6.92 Å². The Bertz CT molecular complexity index is 890. The fraction of sp³-hybridized carbons (Fsp3) is 0.235. The zero-order chi connectivity index (χ0) is 19.4. The van der Waals surface area contributed by atoms with E-state index in [-0.39, 0.29) is 27.6 Å². The molecule has 1 aromatic carbocycles. The third kappa shape index (κ3) is 4.00. The molecule has 0 spiro atoms. The average molecular weight is 399 g/mol. The number of halogens is 2. The van der Waals surface area contributed by atoms with Crippen LogP contribution in [0.1, 0.15) is 21.7 Å². The Morgan fingerprint density at radius 1 is 1.23 bits per heavy atom. The molecule has 0 aliphatic carbocycles. The summed E-state index contributed by atoms with van der Waals surface area (Å²) < 4.78 is 16.6. The average Bonchev–Trinajstić information content (AvgIpc) is 2.85. The van der Waals surface area contributed by atoms with E-state index in [0.29, 0.717) is 10.7 Å². The van der Waals surface area contributed by atoms with Crippen molar-refractivity contribution in [2.24, 2.45) is 7.05 Å². The summed E-state index contributed by atoms with van der Waals surface area (Å²) in [6.45, 7) is 1.64. The fourth-order valence-corrected chi connectivity index (χ4v) is 2.77. The molecule has 2 rings (SSSR count). The summed E-state index contributed by atoms with van der Waals surface area (Å²) in [4.78, 5) is 24.6. The van der Waals surface area contributed by atoms with E-state index < -0.39 is 11.9 Å². The molecule has 0 aliphatic heterocycles. The van der Waals surface area contributed by atoms with Crippen LogP contribution in [0, 0.1) is 6.92 Å². The molecule has 26 heavy (non-hydrogen) atoms. The molecular weight excluding hydrogens is 383 g/mol. The van der Waals surface area contributed by atoms with Gasteiger partial charge in [-0.3, -0.25) is 4.68 Å². The van der Waals surface area contributed by atoms with Gasteiger partial charge < -0.3 is 14.2 Å². The van der Waals surface area contributed by atoms with Gasteiger partial charge in [0.05, 0.1) is 31.1 Å². The Kier molecular flexibility index (Phi) is 6.28. The van der Waals surface area contributed by atoms with Gasteiger partial charge in [0, 0.05) is 12.1 Å². The second-order valence-corrected chi connectivity index (χ2v) is 6.00. The summed E-state index contributed by atoms with van der Waals surface area (Å²) in [7, 11) is 4.21. The van der Waals surface area contributed by atoms with Crippen molar-refractivity contribution >= 4 is 40.7 Å². The van der Waals surface area contributed by atoms with Gasteiger partial charge >= 0.3 is 11.9 Å². The van der Waals surface area contributed by atoms with Crippen LogP contribution in [0.4, 0.5) is 0 Å². The summed E-state index contributed by atoms with van der Waals surface area (Å²) in [5, 5.41) is 4.73.